The molecule has 3 aromatic rings. The average Bonchev–Trinajstić information content (AvgIpc) is 2.76. The van der Waals surface area contributed by atoms with Crippen LogP contribution in [0.25, 0.3) is 0 Å². The third-order valence-corrected chi connectivity index (χ3v) is 6.87. The van der Waals surface area contributed by atoms with Crippen molar-refractivity contribution in [2.75, 3.05) is 12.4 Å². The Morgan fingerprint density at radius 1 is 0.933 bits per heavy atom. The molecule has 0 spiro atoms. The standard InChI is InChI=1S/C24H26N2O3S/c1-4-20-10-8-9-18(2)23(20)25-24(27)21-15-13-19(14-16-21)17-26(3)30(28,29)22-11-6-5-7-12-22/h5-16H,4,17H2,1-3H3,(H,25,27). The van der Waals surface area contributed by atoms with Crippen molar-refractivity contribution in [3.05, 3.63) is 95.1 Å². The van der Waals surface area contributed by atoms with E-state index in [9.17, 15) is 13.2 Å². The van der Waals surface area contributed by atoms with Gasteiger partial charge in [-0.25, -0.2) is 8.42 Å². The van der Waals surface area contributed by atoms with Gasteiger partial charge >= 0.3 is 0 Å². The molecule has 0 aliphatic heterocycles. The molecule has 3 aromatic carbocycles. The van der Waals surface area contributed by atoms with Crippen LogP contribution >= 0.6 is 0 Å². The lowest BCUT2D eigenvalue weighted by molar-refractivity contribution is 0.102. The number of para-hydroxylation sites is 1. The number of rotatable bonds is 7. The number of nitrogens with one attached hydrogen (secondary N) is 1. The van der Waals surface area contributed by atoms with Crippen LogP contribution in [-0.2, 0) is 23.0 Å². The zero-order chi connectivity index (χ0) is 21.7. The molecule has 3 rings (SSSR count). The predicted octanol–water partition coefficient (Wildman–Crippen LogP) is 4.63. The van der Waals surface area contributed by atoms with Crippen molar-refractivity contribution in [1.29, 1.82) is 0 Å². The highest BCUT2D eigenvalue weighted by Gasteiger charge is 2.20. The summed E-state index contributed by atoms with van der Waals surface area (Å²) in [4.78, 5) is 13.0. The minimum absolute atomic E-state index is 0.184. The van der Waals surface area contributed by atoms with E-state index in [1.807, 2.05) is 25.1 Å². The largest absolute Gasteiger partial charge is 0.321 e. The topological polar surface area (TPSA) is 66.5 Å². The quantitative estimate of drug-likeness (QED) is 0.604. The fraction of sp³-hybridized carbons (Fsp3) is 0.208. The second-order valence-electron chi connectivity index (χ2n) is 7.19. The lowest BCUT2D eigenvalue weighted by Crippen LogP contribution is -2.26. The summed E-state index contributed by atoms with van der Waals surface area (Å²) in [6.45, 7) is 4.25. The second kappa shape index (κ2) is 9.24. The Labute approximate surface area is 178 Å². The maximum absolute atomic E-state index is 12.7. The lowest BCUT2D eigenvalue weighted by Gasteiger charge is -2.17. The molecule has 0 radical (unpaired) electrons. The molecule has 0 saturated heterocycles. The second-order valence-corrected chi connectivity index (χ2v) is 9.23. The Morgan fingerprint density at radius 2 is 1.60 bits per heavy atom. The summed E-state index contributed by atoms with van der Waals surface area (Å²) in [5.74, 6) is -0.184. The van der Waals surface area contributed by atoms with Crippen LogP contribution in [0.5, 0.6) is 0 Å². The Hall–Kier alpha value is -2.96. The lowest BCUT2D eigenvalue weighted by atomic mass is 10.0. The summed E-state index contributed by atoms with van der Waals surface area (Å²) in [6.07, 6.45) is 0.832. The number of amides is 1. The van der Waals surface area contributed by atoms with Gasteiger partial charge in [0.2, 0.25) is 10.0 Å². The van der Waals surface area contributed by atoms with Crippen LogP contribution in [0.3, 0.4) is 0 Å². The van der Waals surface area contributed by atoms with Crippen LogP contribution in [0.4, 0.5) is 5.69 Å². The first-order valence-electron chi connectivity index (χ1n) is 9.83. The van der Waals surface area contributed by atoms with E-state index in [-0.39, 0.29) is 17.3 Å². The first-order valence-corrected chi connectivity index (χ1v) is 11.3. The average molecular weight is 423 g/mol. The monoisotopic (exact) mass is 422 g/mol. The van der Waals surface area contributed by atoms with E-state index in [1.165, 1.54) is 4.31 Å². The molecule has 0 aliphatic rings. The summed E-state index contributed by atoms with van der Waals surface area (Å²) in [5, 5.41) is 3.01. The summed E-state index contributed by atoms with van der Waals surface area (Å²) in [7, 11) is -2.01. The first-order chi connectivity index (χ1) is 14.3. The number of aryl methyl sites for hydroxylation is 2. The van der Waals surface area contributed by atoms with Crippen LogP contribution in [0.15, 0.2) is 77.7 Å². The molecule has 0 unspecified atom stereocenters. The van der Waals surface area contributed by atoms with Crippen molar-refractivity contribution >= 4 is 21.6 Å². The van der Waals surface area contributed by atoms with Crippen LogP contribution < -0.4 is 5.32 Å². The van der Waals surface area contributed by atoms with Crippen LogP contribution in [0.1, 0.15) is 34.0 Å². The molecule has 0 aromatic heterocycles. The van der Waals surface area contributed by atoms with Gasteiger partial charge in [0.1, 0.15) is 0 Å². The zero-order valence-corrected chi connectivity index (χ0v) is 18.2. The number of sulfonamides is 1. The van der Waals surface area contributed by atoms with E-state index in [1.54, 1.807) is 61.6 Å². The molecule has 5 nitrogen and oxygen atoms in total. The summed E-state index contributed by atoms with van der Waals surface area (Å²) in [6, 6.07) is 21.3. The van der Waals surface area contributed by atoms with E-state index in [2.05, 4.69) is 12.2 Å². The molecule has 1 N–H and O–H groups in total. The highest BCUT2D eigenvalue weighted by molar-refractivity contribution is 7.89. The van der Waals surface area contributed by atoms with Gasteiger partial charge in [-0.3, -0.25) is 4.79 Å². The molecule has 6 heteroatoms. The Balaban J connectivity index is 1.72. The number of carbonyl (C=O) groups excluding carboxylic acids is 1. The smallest absolute Gasteiger partial charge is 0.255 e. The van der Waals surface area contributed by atoms with Gasteiger partial charge in [-0.1, -0.05) is 55.5 Å². The SMILES string of the molecule is CCc1cccc(C)c1NC(=O)c1ccc(CN(C)S(=O)(=O)c2ccccc2)cc1. The van der Waals surface area contributed by atoms with Crippen molar-refractivity contribution < 1.29 is 13.2 Å². The van der Waals surface area contributed by atoms with E-state index in [0.717, 1.165) is 28.8 Å². The summed E-state index contributed by atoms with van der Waals surface area (Å²) in [5.41, 5.74) is 4.29. The van der Waals surface area contributed by atoms with Crippen molar-refractivity contribution in [1.82, 2.24) is 4.31 Å². The Morgan fingerprint density at radius 3 is 2.23 bits per heavy atom. The van der Waals surface area contributed by atoms with E-state index < -0.39 is 10.0 Å². The molecular weight excluding hydrogens is 396 g/mol. The van der Waals surface area contributed by atoms with Crippen molar-refractivity contribution in [3.8, 4) is 0 Å². The highest BCUT2D eigenvalue weighted by Crippen LogP contribution is 2.22. The first kappa shape index (κ1) is 21.7. The number of hydrogen-bond acceptors (Lipinski definition) is 3. The van der Waals surface area contributed by atoms with Gasteiger partial charge in [-0.05, 0) is 54.3 Å². The Kier molecular flexibility index (Phi) is 6.70. The third kappa shape index (κ3) is 4.78. The fourth-order valence-electron chi connectivity index (χ4n) is 3.26. The van der Waals surface area contributed by atoms with Gasteiger partial charge in [0.15, 0.2) is 0 Å². The maximum atomic E-state index is 12.7. The number of carbonyl (C=O) groups is 1. The third-order valence-electron chi connectivity index (χ3n) is 5.05. The highest BCUT2D eigenvalue weighted by atomic mass is 32.2. The van der Waals surface area contributed by atoms with E-state index in [0.29, 0.717) is 5.56 Å². The maximum Gasteiger partial charge on any atom is 0.255 e. The number of nitrogens with zero attached hydrogens (tertiary/aromatic N) is 1. The summed E-state index contributed by atoms with van der Waals surface area (Å²) < 4.78 is 26.6. The molecular formula is C24H26N2O3S. The van der Waals surface area contributed by atoms with Crippen LogP contribution in [0, 0.1) is 6.92 Å². The van der Waals surface area contributed by atoms with Gasteiger partial charge in [0, 0.05) is 24.8 Å². The minimum Gasteiger partial charge on any atom is -0.321 e. The van der Waals surface area contributed by atoms with E-state index in [4.69, 9.17) is 0 Å². The van der Waals surface area contributed by atoms with E-state index >= 15 is 0 Å². The number of anilines is 1. The summed E-state index contributed by atoms with van der Waals surface area (Å²) >= 11 is 0. The normalized spacial score (nSPS) is 11.5. The van der Waals surface area contributed by atoms with Gasteiger partial charge in [0.25, 0.3) is 5.91 Å². The molecule has 30 heavy (non-hydrogen) atoms. The van der Waals surface area contributed by atoms with Crippen molar-refractivity contribution in [2.24, 2.45) is 0 Å². The molecule has 0 fully saturated rings. The zero-order valence-electron chi connectivity index (χ0n) is 17.4. The molecule has 0 bridgehead atoms. The fourth-order valence-corrected chi connectivity index (χ4v) is 4.44. The van der Waals surface area contributed by atoms with Gasteiger partial charge in [0.05, 0.1) is 4.90 Å². The van der Waals surface area contributed by atoms with Gasteiger partial charge in [-0.2, -0.15) is 4.31 Å². The van der Waals surface area contributed by atoms with Crippen LogP contribution in [0.2, 0.25) is 0 Å². The van der Waals surface area contributed by atoms with Crippen molar-refractivity contribution in [3.63, 3.8) is 0 Å². The van der Waals surface area contributed by atoms with Crippen molar-refractivity contribution in [2.45, 2.75) is 31.7 Å². The molecule has 0 aliphatic carbocycles. The molecule has 0 saturated carbocycles. The number of benzene rings is 3. The van der Waals surface area contributed by atoms with Gasteiger partial charge in [-0.15, -0.1) is 0 Å². The molecule has 0 heterocycles. The molecule has 0 atom stereocenters. The molecule has 1 amide bonds. The molecule has 156 valence electrons. The minimum atomic E-state index is -3.56. The number of hydrogen-bond donors (Lipinski definition) is 1. The predicted molar refractivity (Wildman–Crippen MR) is 120 cm³/mol. The Bertz CT molecular complexity index is 1120. The van der Waals surface area contributed by atoms with Gasteiger partial charge < -0.3 is 5.32 Å². The van der Waals surface area contributed by atoms with Crippen LogP contribution in [-0.4, -0.2) is 25.7 Å².